The quantitative estimate of drug-likeness (QED) is 0.314. The zero-order valence-electron chi connectivity index (χ0n) is 8.07. The van der Waals surface area contributed by atoms with E-state index in [1.54, 1.807) is 12.4 Å². The van der Waals surface area contributed by atoms with Crippen LogP contribution in [-0.4, -0.2) is 10.9 Å². The molecule has 76 valence electrons. The average Bonchev–Trinajstić information content (AvgIpc) is 2.25. The molecule has 0 saturated carbocycles. The second-order valence-electron chi connectivity index (χ2n) is 3.13. The third-order valence-corrected chi connectivity index (χ3v) is 2.03. The summed E-state index contributed by atoms with van der Waals surface area (Å²) >= 11 is 0. The first kappa shape index (κ1) is 10.7. The van der Waals surface area contributed by atoms with E-state index in [4.69, 9.17) is 5.84 Å². The molecular weight excluding hydrogens is 178 g/mol. The van der Waals surface area contributed by atoms with Crippen molar-refractivity contribution >= 4 is 5.91 Å². The molecule has 0 atom stereocenters. The molecule has 0 aliphatic carbocycles. The number of hydrogen-bond acceptors (Lipinski definition) is 3. The van der Waals surface area contributed by atoms with E-state index in [9.17, 15) is 4.79 Å². The first-order valence-electron chi connectivity index (χ1n) is 4.71. The van der Waals surface area contributed by atoms with Crippen LogP contribution in [0.3, 0.4) is 0 Å². The number of nitrogens with one attached hydrogen (secondary N) is 1. The standard InChI is InChI=1S/C10H15N3O/c11-13-10(14)4-2-1-3-9-5-7-12-8-6-9/h5-8H,1-4,11H2,(H,13,14). The average molecular weight is 193 g/mol. The van der Waals surface area contributed by atoms with E-state index in [2.05, 4.69) is 10.4 Å². The molecular formula is C10H15N3O. The number of amides is 1. The first-order valence-corrected chi connectivity index (χ1v) is 4.71. The van der Waals surface area contributed by atoms with Crippen molar-refractivity contribution < 1.29 is 4.79 Å². The molecule has 0 aliphatic rings. The molecule has 1 rings (SSSR count). The van der Waals surface area contributed by atoms with Crippen molar-refractivity contribution in [3.8, 4) is 0 Å². The van der Waals surface area contributed by atoms with Gasteiger partial charge in [0.15, 0.2) is 0 Å². The minimum absolute atomic E-state index is 0.0975. The van der Waals surface area contributed by atoms with E-state index in [1.165, 1.54) is 5.56 Å². The van der Waals surface area contributed by atoms with Crippen LogP contribution in [0.25, 0.3) is 0 Å². The van der Waals surface area contributed by atoms with Gasteiger partial charge in [0.2, 0.25) is 5.91 Å². The van der Waals surface area contributed by atoms with E-state index in [-0.39, 0.29) is 5.91 Å². The number of hydrazine groups is 1. The van der Waals surface area contributed by atoms with Gasteiger partial charge in [-0.15, -0.1) is 0 Å². The maximum absolute atomic E-state index is 10.8. The zero-order valence-corrected chi connectivity index (χ0v) is 8.07. The number of nitrogens with two attached hydrogens (primary N) is 1. The second-order valence-corrected chi connectivity index (χ2v) is 3.13. The summed E-state index contributed by atoms with van der Waals surface area (Å²) < 4.78 is 0. The fraction of sp³-hybridized carbons (Fsp3) is 0.400. The number of unbranched alkanes of at least 4 members (excludes halogenated alkanes) is 1. The van der Waals surface area contributed by atoms with Crippen molar-refractivity contribution in [1.29, 1.82) is 0 Å². The van der Waals surface area contributed by atoms with Crippen LogP contribution in [0.15, 0.2) is 24.5 Å². The largest absolute Gasteiger partial charge is 0.294 e. The summed E-state index contributed by atoms with van der Waals surface area (Å²) in [5.74, 6) is 4.86. The van der Waals surface area contributed by atoms with Gasteiger partial charge in [0.25, 0.3) is 0 Å². The lowest BCUT2D eigenvalue weighted by Gasteiger charge is -2.00. The molecule has 1 aromatic heterocycles. The summed E-state index contributed by atoms with van der Waals surface area (Å²) in [5, 5.41) is 0. The lowest BCUT2D eigenvalue weighted by atomic mass is 10.1. The molecule has 1 amide bonds. The van der Waals surface area contributed by atoms with Gasteiger partial charge in [0.1, 0.15) is 0 Å². The molecule has 0 bridgehead atoms. The zero-order chi connectivity index (χ0) is 10.2. The van der Waals surface area contributed by atoms with Crippen LogP contribution in [0.4, 0.5) is 0 Å². The maximum atomic E-state index is 10.8. The lowest BCUT2D eigenvalue weighted by molar-refractivity contribution is -0.121. The highest BCUT2D eigenvalue weighted by Gasteiger charge is 1.98. The van der Waals surface area contributed by atoms with E-state index in [0.717, 1.165) is 19.3 Å². The van der Waals surface area contributed by atoms with Gasteiger partial charge in [0, 0.05) is 18.8 Å². The molecule has 0 aliphatic heterocycles. The monoisotopic (exact) mass is 193 g/mol. The van der Waals surface area contributed by atoms with Gasteiger partial charge in [-0.25, -0.2) is 5.84 Å². The molecule has 0 saturated heterocycles. The van der Waals surface area contributed by atoms with Crippen molar-refractivity contribution in [3.63, 3.8) is 0 Å². The molecule has 1 aromatic rings. The minimum atomic E-state index is -0.0975. The predicted molar refractivity (Wildman–Crippen MR) is 54.1 cm³/mol. The van der Waals surface area contributed by atoms with Crippen molar-refractivity contribution in [3.05, 3.63) is 30.1 Å². The first-order chi connectivity index (χ1) is 6.83. The van der Waals surface area contributed by atoms with Crippen molar-refractivity contribution in [2.24, 2.45) is 5.84 Å². The Morgan fingerprint density at radius 1 is 1.36 bits per heavy atom. The highest BCUT2D eigenvalue weighted by Crippen LogP contribution is 2.04. The van der Waals surface area contributed by atoms with Crippen LogP contribution < -0.4 is 11.3 Å². The van der Waals surface area contributed by atoms with Gasteiger partial charge in [0.05, 0.1) is 0 Å². The smallest absolute Gasteiger partial charge is 0.233 e. The molecule has 14 heavy (non-hydrogen) atoms. The molecule has 0 radical (unpaired) electrons. The number of hydrogen-bond donors (Lipinski definition) is 2. The number of aromatic nitrogens is 1. The molecule has 0 unspecified atom stereocenters. The Labute approximate surface area is 83.5 Å². The summed E-state index contributed by atoms with van der Waals surface area (Å²) in [4.78, 5) is 14.7. The highest BCUT2D eigenvalue weighted by atomic mass is 16.2. The summed E-state index contributed by atoms with van der Waals surface area (Å²) in [6.07, 6.45) is 6.91. The molecule has 0 fully saturated rings. The number of carbonyl (C=O) groups is 1. The van der Waals surface area contributed by atoms with Crippen LogP contribution in [0.2, 0.25) is 0 Å². The number of aryl methyl sites for hydroxylation is 1. The van der Waals surface area contributed by atoms with E-state index in [1.807, 2.05) is 12.1 Å². The Balaban J connectivity index is 2.13. The SMILES string of the molecule is NNC(=O)CCCCc1ccncc1. The molecule has 4 nitrogen and oxygen atoms in total. The normalized spacial score (nSPS) is 9.79. The lowest BCUT2D eigenvalue weighted by Crippen LogP contribution is -2.29. The van der Waals surface area contributed by atoms with E-state index >= 15 is 0 Å². The molecule has 4 heteroatoms. The summed E-state index contributed by atoms with van der Waals surface area (Å²) in [7, 11) is 0. The van der Waals surface area contributed by atoms with Crippen LogP contribution in [0, 0.1) is 0 Å². The minimum Gasteiger partial charge on any atom is -0.294 e. The molecule has 1 heterocycles. The molecule has 0 aromatic carbocycles. The van der Waals surface area contributed by atoms with Gasteiger partial charge in [-0.3, -0.25) is 15.2 Å². The Hall–Kier alpha value is -1.42. The van der Waals surface area contributed by atoms with Crippen LogP contribution in [-0.2, 0) is 11.2 Å². The summed E-state index contributed by atoms with van der Waals surface area (Å²) in [6, 6.07) is 3.98. The van der Waals surface area contributed by atoms with Crippen LogP contribution in [0.1, 0.15) is 24.8 Å². The van der Waals surface area contributed by atoms with Gasteiger partial charge < -0.3 is 0 Å². The van der Waals surface area contributed by atoms with Gasteiger partial charge in [-0.05, 0) is 37.0 Å². The van der Waals surface area contributed by atoms with Crippen molar-refractivity contribution in [1.82, 2.24) is 10.4 Å². The molecule has 3 N–H and O–H groups in total. The third kappa shape index (κ3) is 4.00. The Bertz CT molecular complexity index is 274. The van der Waals surface area contributed by atoms with Crippen LogP contribution >= 0.6 is 0 Å². The van der Waals surface area contributed by atoms with Gasteiger partial charge in [-0.2, -0.15) is 0 Å². The number of nitrogens with zero attached hydrogens (tertiary/aromatic N) is 1. The number of carbonyl (C=O) groups excluding carboxylic acids is 1. The fourth-order valence-corrected chi connectivity index (χ4v) is 1.24. The van der Waals surface area contributed by atoms with E-state index in [0.29, 0.717) is 6.42 Å². The third-order valence-electron chi connectivity index (χ3n) is 2.03. The van der Waals surface area contributed by atoms with Crippen LogP contribution in [0.5, 0.6) is 0 Å². The van der Waals surface area contributed by atoms with E-state index < -0.39 is 0 Å². The number of pyridine rings is 1. The van der Waals surface area contributed by atoms with Crippen molar-refractivity contribution in [2.45, 2.75) is 25.7 Å². The number of rotatable bonds is 5. The van der Waals surface area contributed by atoms with Gasteiger partial charge in [-0.1, -0.05) is 0 Å². The topological polar surface area (TPSA) is 68.0 Å². The summed E-state index contributed by atoms with van der Waals surface area (Å²) in [6.45, 7) is 0. The second kappa shape index (κ2) is 6.10. The van der Waals surface area contributed by atoms with Crippen molar-refractivity contribution in [2.75, 3.05) is 0 Å². The maximum Gasteiger partial charge on any atom is 0.233 e. The Kier molecular flexibility index (Phi) is 4.64. The summed E-state index contributed by atoms with van der Waals surface area (Å²) in [5.41, 5.74) is 3.37. The Morgan fingerprint density at radius 3 is 2.71 bits per heavy atom. The Morgan fingerprint density at radius 2 is 2.07 bits per heavy atom. The highest BCUT2D eigenvalue weighted by molar-refractivity contribution is 5.75. The molecule has 0 spiro atoms. The predicted octanol–water partition coefficient (Wildman–Crippen LogP) is 0.784. The fourth-order valence-electron chi connectivity index (χ4n) is 1.24. The van der Waals surface area contributed by atoms with Gasteiger partial charge >= 0.3 is 0 Å².